The number of carbonyl (C=O) groups excluding carboxylic acids is 1. The van der Waals surface area contributed by atoms with Crippen LogP contribution < -0.4 is 5.73 Å². The van der Waals surface area contributed by atoms with Gasteiger partial charge in [0.05, 0.1) is 5.56 Å². The predicted octanol–water partition coefficient (Wildman–Crippen LogP) is 2.71. The summed E-state index contributed by atoms with van der Waals surface area (Å²) in [4.78, 5) is 13.9. The van der Waals surface area contributed by atoms with E-state index >= 15 is 0 Å². The summed E-state index contributed by atoms with van der Waals surface area (Å²) >= 11 is 5.79. The molecule has 2 rings (SSSR count). The lowest BCUT2D eigenvalue weighted by molar-refractivity contribution is 0.0659. The van der Waals surface area contributed by atoms with E-state index in [2.05, 4.69) is 0 Å². The minimum Gasteiger partial charge on any atom is -0.338 e. The Morgan fingerprint density at radius 3 is 2.84 bits per heavy atom. The number of piperidine rings is 1. The lowest BCUT2D eigenvalue weighted by Crippen LogP contribution is -2.48. The molecule has 0 saturated carbocycles. The van der Waals surface area contributed by atoms with Gasteiger partial charge in [-0.05, 0) is 30.5 Å². The molecule has 1 aliphatic rings. The number of amides is 1. The van der Waals surface area contributed by atoms with Gasteiger partial charge in [-0.15, -0.1) is 12.4 Å². The first-order chi connectivity index (χ1) is 8.49. The summed E-state index contributed by atoms with van der Waals surface area (Å²) < 4.78 is 13.6. The second kappa shape index (κ2) is 6.55. The molecule has 0 radical (unpaired) electrons. The van der Waals surface area contributed by atoms with Crippen molar-refractivity contribution in [1.29, 1.82) is 0 Å². The van der Waals surface area contributed by atoms with Gasteiger partial charge in [0.1, 0.15) is 5.82 Å². The van der Waals surface area contributed by atoms with Crippen LogP contribution in [0.4, 0.5) is 4.39 Å². The zero-order chi connectivity index (χ0) is 13.3. The average molecular weight is 307 g/mol. The van der Waals surface area contributed by atoms with Crippen LogP contribution in [0.3, 0.4) is 0 Å². The fourth-order valence-electron chi connectivity index (χ4n) is 2.18. The molecule has 2 unspecified atom stereocenters. The van der Waals surface area contributed by atoms with Crippen LogP contribution in [0, 0.1) is 11.7 Å². The minimum absolute atomic E-state index is 0. The molecule has 1 aromatic rings. The molecule has 1 amide bonds. The van der Waals surface area contributed by atoms with Gasteiger partial charge in [0.2, 0.25) is 0 Å². The van der Waals surface area contributed by atoms with Crippen molar-refractivity contribution >= 4 is 29.9 Å². The van der Waals surface area contributed by atoms with Crippen LogP contribution >= 0.6 is 24.0 Å². The summed E-state index contributed by atoms with van der Waals surface area (Å²) in [5.41, 5.74) is 5.93. The number of likely N-dealkylation sites (tertiary alicyclic amines) is 1. The number of halogens is 3. The third-order valence-electron chi connectivity index (χ3n) is 3.42. The summed E-state index contributed by atoms with van der Waals surface area (Å²) in [5.74, 6) is -0.620. The van der Waals surface area contributed by atoms with Crippen LogP contribution in [0.2, 0.25) is 5.02 Å². The largest absolute Gasteiger partial charge is 0.338 e. The van der Waals surface area contributed by atoms with Crippen LogP contribution in [0.5, 0.6) is 0 Å². The standard InChI is InChI=1S/C13H16ClFN2O.ClH/c1-8-7-17(5-4-12(8)16)13(18)10-6-9(14)2-3-11(10)15;/h2-3,6,8,12H,4-5,7,16H2,1H3;1H. The quantitative estimate of drug-likeness (QED) is 0.867. The summed E-state index contributed by atoms with van der Waals surface area (Å²) in [5, 5.41) is 0.363. The summed E-state index contributed by atoms with van der Waals surface area (Å²) in [6, 6.07) is 4.13. The SMILES string of the molecule is CC1CN(C(=O)c2cc(Cl)ccc2F)CCC1N.Cl. The highest BCUT2D eigenvalue weighted by atomic mass is 35.5. The molecule has 19 heavy (non-hydrogen) atoms. The first-order valence-electron chi connectivity index (χ1n) is 5.99. The molecule has 1 aromatic carbocycles. The monoisotopic (exact) mass is 306 g/mol. The highest BCUT2D eigenvalue weighted by Crippen LogP contribution is 2.21. The summed E-state index contributed by atoms with van der Waals surface area (Å²) in [6.45, 7) is 3.13. The molecule has 1 saturated heterocycles. The van der Waals surface area contributed by atoms with Gasteiger partial charge in [-0.1, -0.05) is 18.5 Å². The van der Waals surface area contributed by atoms with E-state index in [4.69, 9.17) is 17.3 Å². The van der Waals surface area contributed by atoms with Crippen molar-refractivity contribution in [3.63, 3.8) is 0 Å². The zero-order valence-corrected chi connectivity index (χ0v) is 12.2. The molecular weight excluding hydrogens is 290 g/mol. The number of nitrogens with two attached hydrogens (primary N) is 1. The minimum atomic E-state index is -0.535. The van der Waals surface area contributed by atoms with E-state index < -0.39 is 5.82 Å². The third kappa shape index (κ3) is 3.59. The van der Waals surface area contributed by atoms with Gasteiger partial charge in [-0.2, -0.15) is 0 Å². The summed E-state index contributed by atoms with van der Waals surface area (Å²) in [7, 11) is 0. The molecule has 0 aromatic heterocycles. The molecule has 106 valence electrons. The average Bonchev–Trinajstić information content (AvgIpc) is 2.35. The Bertz CT molecular complexity index is 470. The first-order valence-corrected chi connectivity index (χ1v) is 6.36. The Kier molecular flexibility index (Phi) is 5.59. The van der Waals surface area contributed by atoms with Gasteiger partial charge < -0.3 is 10.6 Å². The van der Waals surface area contributed by atoms with Crippen molar-refractivity contribution < 1.29 is 9.18 Å². The first kappa shape index (κ1) is 16.2. The van der Waals surface area contributed by atoms with E-state index in [1.165, 1.54) is 18.2 Å². The second-order valence-corrected chi connectivity index (χ2v) is 5.24. The highest BCUT2D eigenvalue weighted by Gasteiger charge is 2.28. The van der Waals surface area contributed by atoms with E-state index in [-0.39, 0.29) is 35.8 Å². The maximum Gasteiger partial charge on any atom is 0.256 e. The van der Waals surface area contributed by atoms with Crippen molar-refractivity contribution in [1.82, 2.24) is 4.90 Å². The van der Waals surface area contributed by atoms with Gasteiger partial charge in [0.25, 0.3) is 5.91 Å². The molecule has 0 aliphatic carbocycles. The Morgan fingerprint density at radius 2 is 2.21 bits per heavy atom. The Hall–Kier alpha value is -0.840. The third-order valence-corrected chi connectivity index (χ3v) is 3.65. The van der Waals surface area contributed by atoms with E-state index in [1.807, 2.05) is 6.92 Å². The lowest BCUT2D eigenvalue weighted by atomic mass is 9.94. The van der Waals surface area contributed by atoms with Crippen LogP contribution in [0.15, 0.2) is 18.2 Å². The molecule has 2 atom stereocenters. The number of rotatable bonds is 1. The van der Waals surface area contributed by atoms with E-state index in [9.17, 15) is 9.18 Å². The molecule has 0 spiro atoms. The maximum absolute atomic E-state index is 13.6. The Balaban J connectivity index is 0.00000180. The van der Waals surface area contributed by atoms with E-state index in [0.29, 0.717) is 18.1 Å². The molecule has 6 heteroatoms. The van der Waals surface area contributed by atoms with Crippen molar-refractivity contribution in [2.75, 3.05) is 13.1 Å². The van der Waals surface area contributed by atoms with E-state index in [0.717, 1.165) is 6.42 Å². The van der Waals surface area contributed by atoms with Gasteiger partial charge >= 0.3 is 0 Å². The topological polar surface area (TPSA) is 46.3 Å². The normalized spacial score (nSPS) is 22.8. The molecule has 2 N–H and O–H groups in total. The maximum atomic E-state index is 13.6. The molecule has 1 aliphatic heterocycles. The lowest BCUT2D eigenvalue weighted by Gasteiger charge is -2.35. The molecule has 1 fully saturated rings. The molecular formula is C13H17Cl2FN2O. The van der Waals surface area contributed by atoms with Crippen molar-refractivity contribution in [2.24, 2.45) is 11.7 Å². The van der Waals surface area contributed by atoms with Gasteiger partial charge in [-0.25, -0.2) is 4.39 Å². The Morgan fingerprint density at radius 1 is 1.53 bits per heavy atom. The smallest absolute Gasteiger partial charge is 0.256 e. The fraction of sp³-hybridized carbons (Fsp3) is 0.462. The predicted molar refractivity (Wildman–Crippen MR) is 76.3 cm³/mol. The highest BCUT2D eigenvalue weighted by molar-refractivity contribution is 6.31. The summed E-state index contributed by atoms with van der Waals surface area (Å²) in [6.07, 6.45) is 0.745. The van der Waals surface area contributed by atoms with Crippen molar-refractivity contribution in [2.45, 2.75) is 19.4 Å². The zero-order valence-electron chi connectivity index (χ0n) is 10.6. The van der Waals surface area contributed by atoms with Crippen molar-refractivity contribution in [3.8, 4) is 0 Å². The van der Waals surface area contributed by atoms with Crippen LogP contribution in [-0.2, 0) is 0 Å². The van der Waals surface area contributed by atoms with Crippen molar-refractivity contribution in [3.05, 3.63) is 34.6 Å². The van der Waals surface area contributed by atoms with Gasteiger partial charge in [-0.3, -0.25) is 4.79 Å². The van der Waals surface area contributed by atoms with Gasteiger partial charge in [0, 0.05) is 24.2 Å². The Labute approximate surface area is 123 Å². The number of carbonyl (C=O) groups is 1. The van der Waals surface area contributed by atoms with Crippen LogP contribution in [0.25, 0.3) is 0 Å². The number of nitrogens with zero attached hydrogens (tertiary/aromatic N) is 1. The van der Waals surface area contributed by atoms with Crippen LogP contribution in [-0.4, -0.2) is 29.9 Å². The number of hydrogen-bond donors (Lipinski definition) is 1. The molecule has 3 nitrogen and oxygen atoms in total. The van der Waals surface area contributed by atoms with E-state index in [1.54, 1.807) is 4.90 Å². The molecule has 0 bridgehead atoms. The second-order valence-electron chi connectivity index (χ2n) is 4.81. The van der Waals surface area contributed by atoms with Crippen LogP contribution in [0.1, 0.15) is 23.7 Å². The van der Waals surface area contributed by atoms with Gasteiger partial charge in [0.15, 0.2) is 0 Å². The fourth-order valence-corrected chi connectivity index (χ4v) is 2.35. The molecule has 1 heterocycles. The number of hydrogen-bond acceptors (Lipinski definition) is 2. The number of benzene rings is 1.